The second-order valence-corrected chi connectivity index (χ2v) is 8.03. The summed E-state index contributed by atoms with van der Waals surface area (Å²) in [6.45, 7) is 0.420. The van der Waals surface area contributed by atoms with Gasteiger partial charge in [-0.15, -0.1) is 16.4 Å². The molecule has 2 aromatic carbocycles. The normalized spacial score (nSPS) is 11.1. The van der Waals surface area contributed by atoms with E-state index in [9.17, 15) is 0 Å². The van der Waals surface area contributed by atoms with E-state index in [0.29, 0.717) is 11.8 Å². The summed E-state index contributed by atoms with van der Waals surface area (Å²) in [6, 6.07) is 18.1. The summed E-state index contributed by atoms with van der Waals surface area (Å²) in [5, 5.41) is 7.94. The molecule has 6 nitrogen and oxygen atoms in total. The SMILES string of the molecule is COc1nn2cc(-c3cccc(OCc4csc(-c5ccccc5)n4)c3)nc2s1. The van der Waals surface area contributed by atoms with Crippen molar-refractivity contribution in [3.8, 4) is 32.8 Å². The molecule has 0 bridgehead atoms. The van der Waals surface area contributed by atoms with Gasteiger partial charge in [0.15, 0.2) is 0 Å². The van der Waals surface area contributed by atoms with Crippen molar-refractivity contribution in [1.29, 1.82) is 0 Å². The van der Waals surface area contributed by atoms with Crippen LogP contribution in [0.15, 0.2) is 66.2 Å². The smallest absolute Gasteiger partial charge is 0.294 e. The first kappa shape index (κ1) is 17.8. The quantitative estimate of drug-likeness (QED) is 0.379. The zero-order chi connectivity index (χ0) is 19.6. The van der Waals surface area contributed by atoms with Gasteiger partial charge in [0.1, 0.15) is 17.4 Å². The maximum absolute atomic E-state index is 5.97. The van der Waals surface area contributed by atoms with Crippen molar-refractivity contribution in [2.45, 2.75) is 6.61 Å². The third-order valence-electron chi connectivity index (χ3n) is 4.29. The largest absolute Gasteiger partial charge is 0.487 e. The highest BCUT2D eigenvalue weighted by molar-refractivity contribution is 7.18. The fraction of sp³-hybridized carbons (Fsp3) is 0.0952. The second kappa shape index (κ2) is 7.65. The molecule has 3 heterocycles. The Kier molecular flexibility index (Phi) is 4.71. The molecule has 0 radical (unpaired) electrons. The van der Waals surface area contributed by atoms with Crippen LogP contribution in [0.3, 0.4) is 0 Å². The predicted molar refractivity (Wildman–Crippen MR) is 115 cm³/mol. The van der Waals surface area contributed by atoms with E-state index in [-0.39, 0.29) is 0 Å². The molecule has 0 atom stereocenters. The molecular weight excluding hydrogens is 404 g/mol. The molecule has 0 fully saturated rings. The van der Waals surface area contributed by atoms with Gasteiger partial charge in [0.25, 0.3) is 5.19 Å². The zero-order valence-corrected chi connectivity index (χ0v) is 17.1. The number of benzene rings is 2. The van der Waals surface area contributed by atoms with Crippen molar-refractivity contribution in [2.24, 2.45) is 0 Å². The summed E-state index contributed by atoms with van der Waals surface area (Å²) in [7, 11) is 1.60. The standard InChI is InChI=1S/C21H16N4O2S2/c1-26-21-24-25-11-18(23-20(25)29-21)15-8-5-9-17(10-15)27-12-16-13-28-19(22-16)14-6-3-2-4-7-14/h2-11,13H,12H2,1H3. The first-order chi connectivity index (χ1) is 14.3. The Morgan fingerprint density at radius 1 is 1.00 bits per heavy atom. The highest BCUT2D eigenvalue weighted by Crippen LogP contribution is 2.28. The van der Waals surface area contributed by atoms with E-state index in [1.165, 1.54) is 11.3 Å². The highest BCUT2D eigenvalue weighted by Gasteiger charge is 2.11. The topological polar surface area (TPSA) is 61.5 Å². The van der Waals surface area contributed by atoms with Crippen LogP contribution in [0.2, 0.25) is 0 Å². The molecular formula is C21H16N4O2S2. The molecule has 0 saturated heterocycles. The number of nitrogens with zero attached hydrogens (tertiary/aromatic N) is 4. The number of aromatic nitrogens is 4. The van der Waals surface area contributed by atoms with Crippen molar-refractivity contribution in [2.75, 3.05) is 7.11 Å². The lowest BCUT2D eigenvalue weighted by Crippen LogP contribution is -1.96. The van der Waals surface area contributed by atoms with E-state index in [2.05, 4.69) is 27.2 Å². The molecule has 0 aliphatic rings. The van der Waals surface area contributed by atoms with Gasteiger partial charge in [-0.1, -0.05) is 42.5 Å². The van der Waals surface area contributed by atoms with Gasteiger partial charge in [-0.05, 0) is 23.5 Å². The van der Waals surface area contributed by atoms with Gasteiger partial charge in [0.05, 0.1) is 24.7 Å². The molecule has 3 aromatic heterocycles. The number of fused-ring (bicyclic) bond motifs is 1. The highest BCUT2D eigenvalue weighted by atomic mass is 32.1. The van der Waals surface area contributed by atoms with Crippen LogP contribution in [0.25, 0.3) is 26.8 Å². The second-order valence-electron chi connectivity index (χ2n) is 6.25. The van der Waals surface area contributed by atoms with Crippen LogP contribution in [-0.4, -0.2) is 26.7 Å². The summed E-state index contributed by atoms with van der Waals surface area (Å²) < 4.78 is 12.8. The number of imidazole rings is 1. The lowest BCUT2D eigenvalue weighted by atomic mass is 10.1. The van der Waals surface area contributed by atoms with Gasteiger partial charge in [-0.3, -0.25) is 0 Å². The third kappa shape index (κ3) is 3.72. The number of hydrogen-bond donors (Lipinski definition) is 0. The van der Waals surface area contributed by atoms with E-state index < -0.39 is 0 Å². The van der Waals surface area contributed by atoms with Crippen LogP contribution >= 0.6 is 22.7 Å². The zero-order valence-electron chi connectivity index (χ0n) is 15.5. The van der Waals surface area contributed by atoms with Crippen LogP contribution in [0.5, 0.6) is 10.9 Å². The van der Waals surface area contributed by atoms with Crippen molar-refractivity contribution in [3.05, 3.63) is 71.9 Å². The Labute approximate surface area is 175 Å². The Balaban J connectivity index is 1.31. The number of ether oxygens (including phenoxy) is 2. The average Bonchev–Trinajstić information content (AvgIpc) is 3.48. The van der Waals surface area contributed by atoms with Crippen molar-refractivity contribution in [1.82, 2.24) is 19.6 Å². The third-order valence-corrected chi connectivity index (χ3v) is 6.11. The molecule has 0 aliphatic carbocycles. The lowest BCUT2D eigenvalue weighted by molar-refractivity contribution is 0.302. The minimum Gasteiger partial charge on any atom is -0.487 e. The first-order valence-corrected chi connectivity index (χ1v) is 10.6. The number of methoxy groups -OCH3 is 1. The fourth-order valence-electron chi connectivity index (χ4n) is 2.89. The Bertz CT molecular complexity index is 1230. The molecule has 8 heteroatoms. The Morgan fingerprint density at radius 2 is 1.86 bits per heavy atom. The van der Waals surface area contributed by atoms with E-state index >= 15 is 0 Å². The monoisotopic (exact) mass is 420 g/mol. The van der Waals surface area contributed by atoms with Crippen molar-refractivity contribution >= 4 is 27.6 Å². The summed E-state index contributed by atoms with van der Waals surface area (Å²) in [4.78, 5) is 10.1. The summed E-state index contributed by atoms with van der Waals surface area (Å²) in [5.74, 6) is 0.777. The number of thiazole rings is 1. The Hall–Kier alpha value is -3.23. The minimum atomic E-state index is 0.420. The van der Waals surface area contributed by atoms with Gasteiger partial charge < -0.3 is 9.47 Å². The van der Waals surface area contributed by atoms with E-state index in [0.717, 1.165) is 38.2 Å². The van der Waals surface area contributed by atoms with Crippen molar-refractivity contribution in [3.63, 3.8) is 0 Å². The molecule has 0 amide bonds. The van der Waals surface area contributed by atoms with Crippen LogP contribution in [-0.2, 0) is 6.61 Å². The van der Waals surface area contributed by atoms with Gasteiger partial charge in [0.2, 0.25) is 4.96 Å². The van der Waals surface area contributed by atoms with Gasteiger partial charge in [-0.2, -0.15) is 0 Å². The predicted octanol–water partition coefficient (Wildman–Crippen LogP) is 5.17. The molecule has 0 aliphatic heterocycles. The maximum atomic E-state index is 5.97. The van der Waals surface area contributed by atoms with Crippen molar-refractivity contribution < 1.29 is 9.47 Å². The van der Waals surface area contributed by atoms with Gasteiger partial charge in [-0.25, -0.2) is 14.5 Å². The fourth-order valence-corrected chi connectivity index (χ4v) is 4.40. The van der Waals surface area contributed by atoms with E-state index in [1.54, 1.807) is 23.0 Å². The molecule has 29 heavy (non-hydrogen) atoms. The molecule has 0 spiro atoms. The van der Waals surface area contributed by atoms with Crippen LogP contribution in [0, 0.1) is 0 Å². The summed E-state index contributed by atoms with van der Waals surface area (Å²) in [6.07, 6.45) is 1.89. The van der Waals surface area contributed by atoms with E-state index in [4.69, 9.17) is 9.47 Å². The lowest BCUT2D eigenvalue weighted by Gasteiger charge is -2.05. The molecule has 5 aromatic rings. The maximum Gasteiger partial charge on any atom is 0.294 e. The molecule has 5 rings (SSSR count). The first-order valence-electron chi connectivity index (χ1n) is 8.92. The van der Waals surface area contributed by atoms with Gasteiger partial charge in [0, 0.05) is 16.5 Å². The van der Waals surface area contributed by atoms with Gasteiger partial charge >= 0.3 is 0 Å². The van der Waals surface area contributed by atoms with Crippen LogP contribution < -0.4 is 9.47 Å². The number of hydrogen-bond acceptors (Lipinski definition) is 7. The molecule has 144 valence electrons. The summed E-state index contributed by atoms with van der Waals surface area (Å²) >= 11 is 3.03. The minimum absolute atomic E-state index is 0.420. The van der Waals surface area contributed by atoms with E-state index in [1.807, 2.05) is 54.0 Å². The van der Waals surface area contributed by atoms with Crippen LogP contribution in [0.1, 0.15) is 5.69 Å². The molecule has 0 unspecified atom stereocenters. The molecule has 0 saturated carbocycles. The molecule has 0 N–H and O–H groups in total. The number of rotatable bonds is 6. The summed E-state index contributed by atoms with van der Waals surface area (Å²) in [5.41, 5.74) is 3.85. The average molecular weight is 421 g/mol. The Morgan fingerprint density at radius 3 is 2.69 bits per heavy atom. The van der Waals surface area contributed by atoms with Crippen LogP contribution in [0.4, 0.5) is 0 Å².